The van der Waals surface area contributed by atoms with E-state index >= 15 is 0 Å². The molecule has 0 amide bonds. The van der Waals surface area contributed by atoms with E-state index in [-0.39, 0.29) is 0 Å². The highest BCUT2D eigenvalue weighted by atomic mass is 32.1. The molecular weight excluding hydrogens is 210 g/mol. The monoisotopic (exact) mass is 227 g/mol. The van der Waals surface area contributed by atoms with Crippen LogP contribution < -0.4 is 0 Å². The first kappa shape index (κ1) is 12.2. The minimum atomic E-state index is -0.825. The van der Waals surface area contributed by atoms with Crippen LogP contribution in [0.1, 0.15) is 34.0 Å². The fourth-order valence-corrected chi connectivity index (χ4v) is 2.34. The second-order valence-electron chi connectivity index (χ2n) is 3.46. The van der Waals surface area contributed by atoms with Gasteiger partial charge in [0.15, 0.2) is 0 Å². The molecule has 1 aromatic rings. The largest absolute Gasteiger partial charge is 0.477 e. The van der Waals surface area contributed by atoms with Crippen molar-refractivity contribution >= 4 is 17.3 Å². The molecule has 0 aromatic carbocycles. The zero-order valence-electron chi connectivity index (χ0n) is 9.41. The van der Waals surface area contributed by atoms with Crippen LogP contribution in [-0.4, -0.2) is 29.1 Å². The van der Waals surface area contributed by atoms with Gasteiger partial charge in [0.25, 0.3) is 0 Å². The Labute approximate surface area is 94.3 Å². The summed E-state index contributed by atoms with van der Waals surface area (Å²) in [4.78, 5) is 14.6. The normalized spacial score (nSPS) is 10.9. The summed E-state index contributed by atoms with van der Waals surface area (Å²) >= 11 is 1.36. The molecular formula is C11H17NO2S. The summed E-state index contributed by atoms with van der Waals surface area (Å²) in [5.74, 6) is -0.825. The maximum Gasteiger partial charge on any atom is 0.345 e. The molecule has 0 fully saturated rings. The lowest BCUT2D eigenvalue weighted by Crippen LogP contribution is -2.22. The van der Waals surface area contributed by atoms with Crippen LogP contribution >= 0.6 is 11.3 Å². The van der Waals surface area contributed by atoms with Gasteiger partial charge >= 0.3 is 5.97 Å². The molecule has 84 valence electrons. The Balaban J connectivity index is 2.81. The van der Waals surface area contributed by atoms with E-state index in [2.05, 4.69) is 18.7 Å². The van der Waals surface area contributed by atoms with Crippen molar-refractivity contribution in [2.45, 2.75) is 27.3 Å². The van der Waals surface area contributed by atoms with Gasteiger partial charge in [0.2, 0.25) is 0 Å². The molecule has 1 aromatic heterocycles. The summed E-state index contributed by atoms with van der Waals surface area (Å²) in [6, 6.07) is 1.79. The molecule has 0 atom stereocenters. The number of carboxylic acids is 1. The maximum atomic E-state index is 10.8. The van der Waals surface area contributed by atoms with Gasteiger partial charge in [-0.25, -0.2) is 4.79 Å². The average Bonchev–Trinajstić information content (AvgIpc) is 2.56. The molecule has 0 radical (unpaired) electrons. The van der Waals surface area contributed by atoms with E-state index in [1.165, 1.54) is 11.3 Å². The summed E-state index contributed by atoms with van der Waals surface area (Å²) in [5, 5.41) is 8.87. The van der Waals surface area contributed by atoms with Gasteiger partial charge in [0, 0.05) is 11.4 Å². The zero-order valence-corrected chi connectivity index (χ0v) is 10.2. The van der Waals surface area contributed by atoms with Crippen molar-refractivity contribution in [3.8, 4) is 0 Å². The van der Waals surface area contributed by atoms with E-state index in [0.717, 1.165) is 30.1 Å². The Morgan fingerprint density at radius 2 is 2.07 bits per heavy atom. The van der Waals surface area contributed by atoms with Crippen LogP contribution in [-0.2, 0) is 6.54 Å². The zero-order chi connectivity index (χ0) is 11.4. The molecule has 0 aliphatic rings. The molecule has 1 heterocycles. The highest BCUT2D eigenvalue weighted by molar-refractivity contribution is 7.14. The highest BCUT2D eigenvalue weighted by Crippen LogP contribution is 2.22. The van der Waals surface area contributed by atoms with Crippen LogP contribution in [0.4, 0.5) is 0 Å². The summed E-state index contributed by atoms with van der Waals surface area (Å²) in [6.07, 6.45) is 0. The van der Waals surface area contributed by atoms with Gasteiger partial charge in [0.1, 0.15) is 4.88 Å². The van der Waals surface area contributed by atoms with Crippen molar-refractivity contribution in [1.82, 2.24) is 4.90 Å². The van der Waals surface area contributed by atoms with Gasteiger partial charge in [0.05, 0.1) is 0 Å². The standard InChI is InChI=1S/C11H17NO2S/c1-4-12(5-2)7-9-6-10(11(13)14)15-8(9)3/h6H,4-5,7H2,1-3H3,(H,13,14). The van der Waals surface area contributed by atoms with Gasteiger partial charge in [-0.05, 0) is 31.6 Å². The van der Waals surface area contributed by atoms with Crippen LogP contribution in [0, 0.1) is 6.92 Å². The number of hydrogen-bond acceptors (Lipinski definition) is 3. The molecule has 0 saturated heterocycles. The number of aryl methyl sites for hydroxylation is 1. The summed E-state index contributed by atoms with van der Waals surface area (Å²) in [5.41, 5.74) is 1.14. The number of carboxylic acid groups (broad SMARTS) is 1. The second kappa shape index (κ2) is 5.28. The van der Waals surface area contributed by atoms with Crippen LogP contribution in [0.5, 0.6) is 0 Å². The molecule has 1 N–H and O–H groups in total. The minimum absolute atomic E-state index is 0.439. The van der Waals surface area contributed by atoms with E-state index < -0.39 is 5.97 Å². The lowest BCUT2D eigenvalue weighted by atomic mass is 10.2. The Morgan fingerprint density at radius 3 is 2.47 bits per heavy atom. The SMILES string of the molecule is CCN(CC)Cc1cc(C(=O)O)sc1C. The van der Waals surface area contributed by atoms with E-state index in [4.69, 9.17) is 5.11 Å². The van der Waals surface area contributed by atoms with Crippen LogP contribution in [0.15, 0.2) is 6.07 Å². The fraction of sp³-hybridized carbons (Fsp3) is 0.545. The first-order valence-electron chi connectivity index (χ1n) is 5.13. The number of rotatable bonds is 5. The highest BCUT2D eigenvalue weighted by Gasteiger charge is 2.12. The van der Waals surface area contributed by atoms with E-state index in [1.54, 1.807) is 6.07 Å². The molecule has 0 bridgehead atoms. The number of nitrogens with zero attached hydrogens (tertiary/aromatic N) is 1. The molecule has 0 aliphatic carbocycles. The maximum absolute atomic E-state index is 10.8. The minimum Gasteiger partial charge on any atom is -0.477 e. The summed E-state index contributed by atoms with van der Waals surface area (Å²) in [6.45, 7) is 9.05. The van der Waals surface area contributed by atoms with Crippen LogP contribution in [0.3, 0.4) is 0 Å². The Kier molecular flexibility index (Phi) is 4.29. The summed E-state index contributed by atoms with van der Waals surface area (Å²) < 4.78 is 0. The van der Waals surface area contributed by atoms with Crippen molar-refractivity contribution in [2.24, 2.45) is 0 Å². The number of thiophene rings is 1. The molecule has 0 saturated carbocycles. The number of carbonyl (C=O) groups is 1. The van der Waals surface area contributed by atoms with E-state index in [0.29, 0.717) is 4.88 Å². The molecule has 0 aliphatic heterocycles. The van der Waals surface area contributed by atoms with Crippen molar-refractivity contribution in [2.75, 3.05) is 13.1 Å². The van der Waals surface area contributed by atoms with Crippen molar-refractivity contribution in [3.63, 3.8) is 0 Å². The Morgan fingerprint density at radius 1 is 1.47 bits per heavy atom. The predicted molar refractivity (Wildman–Crippen MR) is 62.6 cm³/mol. The Hall–Kier alpha value is -0.870. The third kappa shape index (κ3) is 3.04. The van der Waals surface area contributed by atoms with Gasteiger partial charge in [-0.3, -0.25) is 4.90 Å². The molecule has 0 unspecified atom stereocenters. The summed E-state index contributed by atoms with van der Waals surface area (Å²) in [7, 11) is 0. The number of aromatic carboxylic acids is 1. The van der Waals surface area contributed by atoms with Crippen LogP contribution in [0.25, 0.3) is 0 Å². The van der Waals surface area contributed by atoms with Crippen molar-refractivity contribution in [3.05, 3.63) is 21.4 Å². The van der Waals surface area contributed by atoms with Crippen molar-refractivity contribution < 1.29 is 9.90 Å². The molecule has 4 heteroatoms. The van der Waals surface area contributed by atoms with Gasteiger partial charge < -0.3 is 5.11 Å². The smallest absolute Gasteiger partial charge is 0.345 e. The lowest BCUT2D eigenvalue weighted by molar-refractivity contribution is 0.0702. The third-order valence-electron chi connectivity index (χ3n) is 2.52. The molecule has 1 rings (SSSR count). The van der Waals surface area contributed by atoms with Gasteiger partial charge in [-0.2, -0.15) is 0 Å². The van der Waals surface area contributed by atoms with Gasteiger partial charge in [-0.15, -0.1) is 11.3 Å². The quantitative estimate of drug-likeness (QED) is 0.840. The molecule has 3 nitrogen and oxygen atoms in total. The topological polar surface area (TPSA) is 40.5 Å². The predicted octanol–water partition coefficient (Wildman–Crippen LogP) is 2.60. The third-order valence-corrected chi connectivity index (χ3v) is 3.60. The molecule has 0 spiro atoms. The first-order chi connectivity index (χ1) is 7.08. The molecule has 15 heavy (non-hydrogen) atoms. The number of hydrogen-bond donors (Lipinski definition) is 1. The lowest BCUT2D eigenvalue weighted by Gasteiger charge is -2.17. The van der Waals surface area contributed by atoms with Crippen LogP contribution in [0.2, 0.25) is 0 Å². The first-order valence-corrected chi connectivity index (χ1v) is 5.95. The average molecular weight is 227 g/mol. The van der Waals surface area contributed by atoms with Crippen molar-refractivity contribution in [1.29, 1.82) is 0 Å². The second-order valence-corrected chi connectivity index (χ2v) is 4.71. The van der Waals surface area contributed by atoms with E-state index in [9.17, 15) is 4.79 Å². The fourth-order valence-electron chi connectivity index (χ4n) is 1.47. The van der Waals surface area contributed by atoms with Gasteiger partial charge in [-0.1, -0.05) is 13.8 Å². The Bertz CT molecular complexity index is 342. The van der Waals surface area contributed by atoms with E-state index in [1.807, 2.05) is 6.92 Å².